The van der Waals surface area contributed by atoms with E-state index in [-0.39, 0.29) is 11.9 Å². The summed E-state index contributed by atoms with van der Waals surface area (Å²) in [7, 11) is 3.22. The molecule has 0 unspecified atom stereocenters. The largest absolute Gasteiger partial charge is 0.463 e. The Bertz CT molecular complexity index is 480. The molecular weight excluding hydrogens is 246 g/mol. The van der Waals surface area contributed by atoms with E-state index in [1.165, 1.54) is 7.11 Å². The molecule has 0 spiro atoms. The molecule has 1 aliphatic carbocycles. The second kappa shape index (κ2) is 5.77. The van der Waals surface area contributed by atoms with Crippen LogP contribution in [0.3, 0.4) is 0 Å². The van der Waals surface area contributed by atoms with Crippen molar-refractivity contribution in [3.63, 3.8) is 0 Å². The van der Waals surface area contributed by atoms with E-state index < -0.39 is 5.97 Å². The van der Waals surface area contributed by atoms with Crippen LogP contribution in [-0.2, 0) is 9.53 Å². The van der Waals surface area contributed by atoms with Gasteiger partial charge in [0.2, 0.25) is 5.82 Å². The third-order valence-corrected chi connectivity index (χ3v) is 3.43. The maximum atomic E-state index is 11.4. The van der Waals surface area contributed by atoms with Gasteiger partial charge >= 0.3 is 5.97 Å². The average molecular weight is 263 g/mol. The molecule has 102 valence electrons. The second-order valence-electron chi connectivity index (χ2n) is 4.61. The Balaban J connectivity index is 2.12. The number of hydrogen-bond donors (Lipinski definition) is 0. The van der Waals surface area contributed by atoms with E-state index in [0.717, 1.165) is 12.8 Å². The lowest BCUT2D eigenvalue weighted by Crippen LogP contribution is -2.36. The highest BCUT2D eigenvalue weighted by molar-refractivity contribution is 5.85. The number of carbonyl (C=O) groups excluding carboxylic acids is 2. The molecule has 0 amide bonds. The van der Waals surface area contributed by atoms with Crippen LogP contribution >= 0.6 is 0 Å². The molecule has 1 saturated carbocycles. The monoisotopic (exact) mass is 263 g/mol. The summed E-state index contributed by atoms with van der Waals surface area (Å²) in [5, 5.41) is 0. The summed E-state index contributed by atoms with van der Waals surface area (Å²) in [5.74, 6) is 0.505. The lowest BCUT2D eigenvalue weighted by Gasteiger charge is -2.31. The third-order valence-electron chi connectivity index (χ3n) is 3.43. The van der Waals surface area contributed by atoms with E-state index >= 15 is 0 Å². The zero-order valence-corrected chi connectivity index (χ0v) is 11.1. The summed E-state index contributed by atoms with van der Waals surface area (Å²) >= 11 is 0. The molecular formula is C13H17N3O3. The van der Waals surface area contributed by atoms with Gasteiger partial charge in [-0.2, -0.15) is 0 Å². The molecule has 1 aromatic heterocycles. The van der Waals surface area contributed by atoms with Crippen LogP contribution in [0.2, 0.25) is 0 Å². The molecule has 1 aromatic rings. The number of Topliss-reactive ketones (excluding diaryl/α,β-unsaturated/α-hetero) is 1. The number of rotatable bonds is 3. The van der Waals surface area contributed by atoms with Crippen LogP contribution in [-0.4, -0.2) is 41.9 Å². The van der Waals surface area contributed by atoms with Crippen molar-refractivity contribution in [3.8, 4) is 0 Å². The Kier molecular flexibility index (Phi) is 4.09. The Morgan fingerprint density at radius 3 is 2.74 bits per heavy atom. The Labute approximate surface area is 111 Å². The number of carbonyl (C=O) groups is 2. The first-order valence-corrected chi connectivity index (χ1v) is 6.27. The smallest absolute Gasteiger partial charge is 0.376 e. The molecule has 0 radical (unpaired) electrons. The molecule has 0 aliphatic heterocycles. The lowest BCUT2D eigenvalue weighted by molar-refractivity contribution is -0.120. The van der Waals surface area contributed by atoms with Crippen molar-refractivity contribution in [1.29, 1.82) is 0 Å². The standard InChI is InChI=1S/C13H17N3O3/c1-16(9-3-5-10(17)6-4-9)11-7-8-14-12(15-11)13(18)19-2/h7-9H,3-6H2,1-2H3. The van der Waals surface area contributed by atoms with Crippen molar-refractivity contribution in [1.82, 2.24) is 9.97 Å². The minimum absolute atomic E-state index is 0.0544. The SMILES string of the molecule is COC(=O)c1nccc(N(C)C2CCC(=O)CC2)n1. The van der Waals surface area contributed by atoms with Crippen LogP contribution in [0.5, 0.6) is 0 Å². The molecule has 0 atom stereocenters. The molecule has 19 heavy (non-hydrogen) atoms. The van der Waals surface area contributed by atoms with Crippen LogP contribution in [0.1, 0.15) is 36.3 Å². The van der Waals surface area contributed by atoms with E-state index in [0.29, 0.717) is 24.4 Å². The average Bonchev–Trinajstić information content (AvgIpc) is 2.46. The van der Waals surface area contributed by atoms with Gasteiger partial charge in [0.15, 0.2) is 0 Å². The molecule has 0 aromatic carbocycles. The Morgan fingerprint density at radius 2 is 2.11 bits per heavy atom. The van der Waals surface area contributed by atoms with Gasteiger partial charge in [-0.05, 0) is 18.9 Å². The first kappa shape index (κ1) is 13.5. The molecule has 1 aliphatic rings. The predicted octanol–water partition coefficient (Wildman–Crippen LogP) is 1.21. The van der Waals surface area contributed by atoms with Crippen LogP contribution in [0.15, 0.2) is 12.3 Å². The van der Waals surface area contributed by atoms with Crippen molar-refractivity contribution >= 4 is 17.6 Å². The van der Waals surface area contributed by atoms with Gasteiger partial charge < -0.3 is 9.64 Å². The number of nitrogens with zero attached hydrogens (tertiary/aromatic N) is 3. The highest BCUT2D eigenvalue weighted by atomic mass is 16.5. The molecule has 0 saturated heterocycles. The van der Waals surface area contributed by atoms with E-state index in [4.69, 9.17) is 0 Å². The number of methoxy groups -OCH3 is 1. The fraction of sp³-hybridized carbons (Fsp3) is 0.538. The summed E-state index contributed by atoms with van der Waals surface area (Å²) < 4.78 is 4.60. The highest BCUT2D eigenvalue weighted by Crippen LogP contribution is 2.23. The van der Waals surface area contributed by atoms with Crippen molar-refractivity contribution in [2.75, 3.05) is 19.1 Å². The summed E-state index contributed by atoms with van der Waals surface area (Å²) in [6, 6.07) is 2.03. The van der Waals surface area contributed by atoms with Crippen molar-refractivity contribution in [2.45, 2.75) is 31.7 Å². The predicted molar refractivity (Wildman–Crippen MR) is 69.0 cm³/mol. The minimum Gasteiger partial charge on any atom is -0.463 e. The third kappa shape index (κ3) is 3.07. The Morgan fingerprint density at radius 1 is 1.42 bits per heavy atom. The van der Waals surface area contributed by atoms with Gasteiger partial charge in [0.05, 0.1) is 7.11 Å². The minimum atomic E-state index is -0.547. The molecule has 6 nitrogen and oxygen atoms in total. The molecule has 0 bridgehead atoms. The number of hydrogen-bond acceptors (Lipinski definition) is 6. The molecule has 1 fully saturated rings. The summed E-state index contributed by atoms with van der Waals surface area (Å²) in [4.78, 5) is 32.7. The fourth-order valence-corrected chi connectivity index (χ4v) is 2.23. The zero-order chi connectivity index (χ0) is 13.8. The van der Waals surface area contributed by atoms with Gasteiger partial charge in [0, 0.05) is 32.1 Å². The molecule has 0 N–H and O–H groups in total. The van der Waals surface area contributed by atoms with E-state index in [2.05, 4.69) is 14.7 Å². The van der Waals surface area contributed by atoms with Gasteiger partial charge in [-0.3, -0.25) is 4.79 Å². The number of aromatic nitrogens is 2. The van der Waals surface area contributed by atoms with E-state index in [9.17, 15) is 9.59 Å². The number of ether oxygens (including phenoxy) is 1. The fourth-order valence-electron chi connectivity index (χ4n) is 2.23. The van der Waals surface area contributed by atoms with Crippen molar-refractivity contribution in [2.24, 2.45) is 0 Å². The van der Waals surface area contributed by atoms with Gasteiger partial charge in [-0.25, -0.2) is 14.8 Å². The lowest BCUT2D eigenvalue weighted by atomic mass is 9.93. The van der Waals surface area contributed by atoms with Gasteiger partial charge in [0.25, 0.3) is 0 Å². The van der Waals surface area contributed by atoms with Gasteiger partial charge in [-0.15, -0.1) is 0 Å². The Hall–Kier alpha value is -1.98. The number of anilines is 1. The summed E-state index contributed by atoms with van der Waals surface area (Å²) in [6.07, 6.45) is 4.42. The van der Waals surface area contributed by atoms with Crippen molar-refractivity contribution < 1.29 is 14.3 Å². The topological polar surface area (TPSA) is 72.4 Å². The van der Waals surface area contributed by atoms with Crippen LogP contribution in [0.25, 0.3) is 0 Å². The quantitative estimate of drug-likeness (QED) is 0.763. The normalized spacial score (nSPS) is 16.2. The first-order chi connectivity index (χ1) is 9.11. The van der Waals surface area contributed by atoms with E-state index in [1.54, 1.807) is 12.3 Å². The zero-order valence-electron chi connectivity index (χ0n) is 11.1. The first-order valence-electron chi connectivity index (χ1n) is 6.27. The van der Waals surface area contributed by atoms with Gasteiger partial charge in [-0.1, -0.05) is 0 Å². The number of ketones is 1. The molecule has 1 heterocycles. The summed E-state index contributed by atoms with van der Waals surface area (Å²) in [6.45, 7) is 0. The van der Waals surface area contributed by atoms with Crippen molar-refractivity contribution in [3.05, 3.63) is 18.1 Å². The van der Waals surface area contributed by atoms with Crippen LogP contribution < -0.4 is 4.90 Å². The van der Waals surface area contributed by atoms with Crippen LogP contribution in [0, 0.1) is 0 Å². The number of esters is 1. The highest BCUT2D eigenvalue weighted by Gasteiger charge is 2.23. The van der Waals surface area contributed by atoms with E-state index in [1.807, 2.05) is 11.9 Å². The second-order valence-corrected chi connectivity index (χ2v) is 4.61. The van der Waals surface area contributed by atoms with Crippen LogP contribution in [0.4, 0.5) is 5.82 Å². The maximum absolute atomic E-state index is 11.4. The summed E-state index contributed by atoms with van der Waals surface area (Å²) in [5.41, 5.74) is 0. The van der Waals surface area contributed by atoms with Gasteiger partial charge in [0.1, 0.15) is 11.6 Å². The maximum Gasteiger partial charge on any atom is 0.376 e. The molecule has 2 rings (SSSR count). The molecule has 6 heteroatoms.